The normalized spacial score (nSPS) is 21.4. The molecule has 186 valence electrons. The SMILES string of the molecule is COCC(C)(C)C1(N)N=C(Nc2ccc(S(=O)(=O)N3CCOCC3)cc2OC)Nc2[nH]ccc21. The van der Waals surface area contributed by atoms with Gasteiger partial charge in [0.05, 0.1) is 37.5 Å². The van der Waals surface area contributed by atoms with E-state index in [1.807, 2.05) is 19.9 Å². The van der Waals surface area contributed by atoms with Crippen LogP contribution in [0.5, 0.6) is 5.75 Å². The number of nitrogens with one attached hydrogen (secondary N) is 3. The number of hydrogen-bond acceptors (Lipinski definition) is 9. The lowest BCUT2D eigenvalue weighted by atomic mass is 9.75. The van der Waals surface area contributed by atoms with Crippen LogP contribution in [0.2, 0.25) is 0 Å². The largest absolute Gasteiger partial charge is 0.495 e. The van der Waals surface area contributed by atoms with Gasteiger partial charge in [-0.3, -0.25) is 0 Å². The minimum Gasteiger partial charge on any atom is -0.495 e. The molecule has 0 spiro atoms. The number of anilines is 2. The minimum absolute atomic E-state index is 0.149. The molecule has 12 heteroatoms. The van der Waals surface area contributed by atoms with Crippen molar-refractivity contribution in [3.63, 3.8) is 0 Å². The number of aromatic amines is 1. The maximum atomic E-state index is 13.0. The fourth-order valence-electron chi connectivity index (χ4n) is 4.22. The molecule has 5 N–H and O–H groups in total. The molecule has 2 aliphatic rings. The molecular weight excluding hydrogens is 460 g/mol. The Morgan fingerprint density at radius 1 is 1.26 bits per heavy atom. The Balaban J connectivity index is 1.66. The number of benzene rings is 1. The van der Waals surface area contributed by atoms with Crippen molar-refractivity contribution >= 4 is 27.5 Å². The molecule has 0 saturated carbocycles. The van der Waals surface area contributed by atoms with Crippen LogP contribution in [0.4, 0.5) is 11.5 Å². The van der Waals surface area contributed by atoms with Crippen molar-refractivity contribution in [2.75, 3.05) is 57.8 Å². The number of morpholine rings is 1. The highest BCUT2D eigenvalue weighted by atomic mass is 32.2. The van der Waals surface area contributed by atoms with Crippen molar-refractivity contribution in [2.45, 2.75) is 24.4 Å². The van der Waals surface area contributed by atoms with Gasteiger partial charge in [-0.05, 0) is 18.2 Å². The molecule has 0 bridgehead atoms. The molecule has 3 heterocycles. The first kappa shape index (κ1) is 24.5. The van der Waals surface area contributed by atoms with Crippen molar-refractivity contribution in [3.8, 4) is 5.75 Å². The van der Waals surface area contributed by atoms with Crippen LogP contribution in [0.15, 0.2) is 40.4 Å². The van der Waals surface area contributed by atoms with Crippen LogP contribution in [0.3, 0.4) is 0 Å². The Morgan fingerprint density at radius 2 is 2.00 bits per heavy atom. The van der Waals surface area contributed by atoms with Crippen LogP contribution < -0.4 is 21.1 Å². The smallest absolute Gasteiger partial charge is 0.243 e. The summed E-state index contributed by atoms with van der Waals surface area (Å²) in [7, 11) is -0.545. The number of guanidine groups is 1. The van der Waals surface area contributed by atoms with Crippen LogP contribution in [0, 0.1) is 5.41 Å². The number of hydrogen-bond donors (Lipinski definition) is 4. The number of fused-ring (bicyclic) bond motifs is 1. The number of aliphatic imine (C=N–C) groups is 1. The van der Waals surface area contributed by atoms with Crippen LogP contribution in [-0.4, -0.2) is 70.8 Å². The van der Waals surface area contributed by atoms with Gasteiger partial charge in [0.15, 0.2) is 0 Å². The number of nitrogens with zero attached hydrogens (tertiary/aromatic N) is 2. The van der Waals surface area contributed by atoms with Crippen LogP contribution in [-0.2, 0) is 25.2 Å². The topological polar surface area (TPSA) is 143 Å². The number of H-pyrrole nitrogens is 1. The molecule has 0 radical (unpaired) electrons. The Morgan fingerprint density at radius 3 is 2.68 bits per heavy atom. The summed E-state index contributed by atoms with van der Waals surface area (Å²) in [4.78, 5) is 8.12. The molecule has 4 rings (SSSR count). The van der Waals surface area contributed by atoms with Gasteiger partial charge in [-0.25, -0.2) is 13.4 Å². The maximum absolute atomic E-state index is 13.0. The number of sulfonamides is 1. The highest BCUT2D eigenvalue weighted by molar-refractivity contribution is 7.89. The van der Waals surface area contributed by atoms with E-state index in [9.17, 15) is 8.42 Å². The average Bonchev–Trinajstić information content (AvgIpc) is 3.29. The van der Waals surface area contributed by atoms with Gasteiger partial charge < -0.3 is 35.6 Å². The van der Waals surface area contributed by atoms with Crippen molar-refractivity contribution in [2.24, 2.45) is 16.1 Å². The molecule has 1 fully saturated rings. The molecular formula is C22H32N6O5S. The molecule has 0 amide bonds. The second-order valence-electron chi connectivity index (χ2n) is 8.94. The predicted octanol–water partition coefficient (Wildman–Crippen LogP) is 1.72. The first-order valence-electron chi connectivity index (χ1n) is 11.0. The Bertz CT molecular complexity index is 1170. The zero-order valence-corrected chi connectivity index (χ0v) is 20.7. The molecule has 11 nitrogen and oxygen atoms in total. The van der Waals surface area contributed by atoms with E-state index in [0.29, 0.717) is 50.3 Å². The van der Waals surface area contributed by atoms with Gasteiger partial charge in [-0.2, -0.15) is 4.31 Å². The monoisotopic (exact) mass is 492 g/mol. The quantitative estimate of drug-likeness (QED) is 0.458. The first-order valence-corrected chi connectivity index (χ1v) is 12.4. The van der Waals surface area contributed by atoms with Crippen molar-refractivity contribution in [1.82, 2.24) is 9.29 Å². The van der Waals surface area contributed by atoms with Gasteiger partial charge in [-0.15, -0.1) is 0 Å². The van der Waals surface area contributed by atoms with E-state index in [1.165, 1.54) is 17.5 Å². The molecule has 1 aromatic carbocycles. The molecule has 2 aromatic rings. The van der Waals surface area contributed by atoms with Gasteiger partial charge in [0.2, 0.25) is 16.0 Å². The maximum Gasteiger partial charge on any atom is 0.243 e. The first-order chi connectivity index (χ1) is 16.1. The van der Waals surface area contributed by atoms with Gasteiger partial charge in [0, 0.05) is 43.4 Å². The van der Waals surface area contributed by atoms with Gasteiger partial charge in [0.25, 0.3) is 0 Å². The number of nitrogens with two attached hydrogens (primary N) is 1. The Labute approximate surface area is 199 Å². The summed E-state index contributed by atoms with van der Waals surface area (Å²) < 4.78 is 43.7. The third-order valence-electron chi connectivity index (χ3n) is 6.26. The molecule has 1 saturated heterocycles. The van der Waals surface area contributed by atoms with Crippen molar-refractivity contribution in [3.05, 3.63) is 36.0 Å². The Hall–Kier alpha value is -2.64. The van der Waals surface area contributed by atoms with E-state index in [1.54, 1.807) is 25.4 Å². The molecule has 1 aromatic heterocycles. The third-order valence-corrected chi connectivity index (χ3v) is 8.15. The fraction of sp³-hybridized carbons (Fsp3) is 0.500. The van der Waals surface area contributed by atoms with E-state index in [-0.39, 0.29) is 4.90 Å². The zero-order valence-electron chi connectivity index (χ0n) is 19.8. The lowest BCUT2D eigenvalue weighted by molar-refractivity contribution is 0.0434. The lowest BCUT2D eigenvalue weighted by Gasteiger charge is -2.43. The Kier molecular flexibility index (Phi) is 6.62. The van der Waals surface area contributed by atoms with Crippen LogP contribution in [0.1, 0.15) is 19.4 Å². The summed E-state index contributed by atoms with van der Waals surface area (Å²) in [6.07, 6.45) is 1.80. The van der Waals surface area contributed by atoms with Crippen molar-refractivity contribution in [1.29, 1.82) is 0 Å². The summed E-state index contributed by atoms with van der Waals surface area (Å²) >= 11 is 0. The summed E-state index contributed by atoms with van der Waals surface area (Å²) in [5.74, 6) is 1.47. The zero-order chi connectivity index (χ0) is 24.6. The van der Waals surface area contributed by atoms with E-state index in [0.717, 1.165) is 11.4 Å². The second-order valence-corrected chi connectivity index (χ2v) is 10.9. The summed E-state index contributed by atoms with van der Waals surface area (Å²) in [6, 6.07) is 6.59. The number of methoxy groups -OCH3 is 2. The van der Waals surface area contributed by atoms with E-state index >= 15 is 0 Å². The highest BCUT2D eigenvalue weighted by Crippen LogP contribution is 2.44. The standard InChI is InChI=1S/C22H32N6O5S/c1-21(2,14-31-3)22(23)16-7-8-24-19(16)26-20(27-22)25-17-6-5-15(13-18(17)32-4)34(29,30)28-9-11-33-12-10-28/h5-8,13,24H,9-12,14,23H2,1-4H3,(H2,25,26,27). The van der Waals surface area contributed by atoms with Gasteiger partial charge in [0.1, 0.15) is 17.2 Å². The summed E-state index contributed by atoms with van der Waals surface area (Å²) in [5, 5.41) is 6.41. The molecule has 2 aliphatic heterocycles. The molecule has 0 aliphatic carbocycles. The average molecular weight is 493 g/mol. The number of ether oxygens (including phenoxy) is 3. The van der Waals surface area contributed by atoms with Crippen LogP contribution in [0.25, 0.3) is 0 Å². The predicted molar refractivity (Wildman–Crippen MR) is 130 cm³/mol. The highest BCUT2D eigenvalue weighted by Gasteiger charge is 2.47. The van der Waals surface area contributed by atoms with Crippen molar-refractivity contribution < 1.29 is 22.6 Å². The van der Waals surface area contributed by atoms with Gasteiger partial charge >= 0.3 is 0 Å². The van der Waals surface area contributed by atoms with E-state index < -0.39 is 21.1 Å². The molecule has 1 unspecified atom stereocenters. The van der Waals surface area contributed by atoms with Gasteiger partial charge in [-0.1, -0.05) is 13.8 Å². The van der Waals surface area contributed by atoms with Crippen LogP contribution >= 0.6 is 0 Å². The summed E-state index contributed by atoms with van der Waals surface area (Å²) in [6.45, 7) is 5.77. The number of aromatic nitrogens is 1. The third kappa shape index (κ3) is 4.27. The summed E-state index contributed by atoms with van der Waals surface area (Å²) in [5.41, 5.74) is 6.60. The minimum atomic E-state index is -3.66. The number of rotatable bonds is 7. The second kappa shape index (κ2) is 9.19. The lowest BCUT2D eigenvalue weighted by Crippen LogP contribution is -2.54. The molecule has 1 atom stereocenters. The fourth-order valence-corrected chi connectivity index (χ4v) is 5.64. The van der Waals surface area contributed by atoms with E-state index in [4.69, 9.17) is 24.9 Å². The van der Waals surface area contributed by atoms with E-state index in [2.05, 4.69) is 15.6 Å². The molecule has 34 heavy (non-hydrogen) atoms.